The molecule has 0 saturated carbocycles. The minimum atomic E-state index is 0. The topological polar surface area (TPSA) is 71.0 Å². The molecule has 1 aliphatic heterocycles. The summed E-state index contributed by atoms with van der Waals surface area (Å²) in [6.45, 7) is 11.3. The molecule has 0 amide bonds. The summed E-state index contributed by atoms with van der Waals surface area (Å²) < 4.78 is 11.4. The van der Waals surface area contributed by atoms with Crippen LogP contribution < -0.4 is 20.3 Å². The van der Waals surface area contributed by atoms with Crippen LogP contribution in [0.25, 0.3) is 0 Å². The maximum Gasteiger partial charge on any atom is 0.191 e. The predicted molar refractivity (Wildman–Crippen MR) is 137 cm³/mol. The van der Waals surface area contributed by atoms with Crippen LogP contribution >= 0.6 is 24.0 Å². The first-order valence-electron chi connectivity index (χ1n) is 10.7. The molecule has 1 saturated heterocycles. The maximum absolute atomic E-state index is 5.77. The molecule has 1 atom stereocenters. The Morgan fingerprint density at radius 1 is 1.26 bits per heavy atom. The molecule has 1 fully saturated rings. The maximum atomic E-state index is 5.77. The largest absolute Gasteiger partial charge is 0.492 e. The number of aliphatic imine (C=N–C) groups is 1. The van der Waals surface area contributed by atoms with Gasteiger partial charge < -0.3 is 25.0 Å². The van der Waals surface area contributed by atoms with Crippen molar-refractivity contribution in [2.45, 2.75) is 33.4 Å². The molecule has 0 bridgehead atoms. The SMILES string of the molecule is CCNC(=NCc1ccnc(N2CCOC(C)C2)c1)NCCOc1ccc(C)cc1.I. The molecule has 1 unspecified atom stereocenters. The Morgan fingerprint density at radius 3 is 2.81 bits per heavy atom. The van der Waals surface area contributed by atoms with E-state index in [2.05, 4.69) is 59.5 Å². The quantitative estimate of drug-likeness (QED) is 0.232. The Bertz CT molecular complexity index is 816. The number of hydrogen-bond acceptors (Lipinski definition) is 5. The van der Waals surface area contributed by atoms with Gasteiger partial charge >= 0.3 is 0 Å². The molecule has 1 aliphatic rings. The Labute approximate surface area is 202 Å². The number of morpholine rings is 1. The first-order chi connectivity index (χ1) is 14.6. The van der Waals surface area contributed by atoms with E-state index in [-0.39, 0.29) is 30.1 Å². The van der Waals surface area contributed by atoms with Crippen LogP contribution in [-0.2, 0) is 11.3 Å². The van der Waals surface area contributed by atoms with Crippen molar-refractivity contribution in [1.82, 2.24) is 15.6 Å². The highest BCUT2D eigenvalue weighted by Crippen LogP contribution is 2.17. The van der Waals surface area contributed by atoms with Gasteiger partial charge in [-0.15, -0.1) is 24.0 Å². The van der Waals surface area contributed by atoms with Crippen LogP contribution in [0.1, 0.15) is 25.0 Å². The Kier molecular flexibility index (Phi) is 10.9. The van der Waals surface area contributed by atoms with Gasteiger partial charge in [0, 0.05) is 25.8 Å². The number of nitrogens with one attached hydrogen (secondary N) is 2. The monoisotopic (exact) mass is 539 g/mol. The van der Waals surface area contributed by atoms with Gasteiger partial charge in [-0.05, 0) is 50.6 Å². The normalized spacial score (nSPS) is 16.4. The standard InChI is InChI=1S/C23H33N5O2.HI/c1-4-24-23(26-11-13-30-21-7-5-18(2)6-8-21)27-16-20-9-10-25-22(15-20)28-12-14-29-19(3)17-28;/h5-10,15,19H,4,11-14,16-17H2,1-3H3,(H2,24,26,27);1H. The zero-order valence-corrected chi connectivity index (χ0v) is 21.0. The molecule has 2 N–H and O–H groups in total. The number of hydrogen-bond donors (Lipinski definition) is 2. The van der Waals surface area contributed by atoms with Gasteiger partial charge in [-0.2, -0.15) is 0 Å². The second kappa shape index (κ2) is 13.4. The Hall–Kier alpha value is -2.07. The van der Waals surface area contributed by atoms with E-state index in [4.69, 9.17) is 14.5 Å². The molecule has 8 heteroatoms. The van der Waals surface area contributed by atoms with Gasteiger partial charge in [0.2, 0.25) is 0 Å². The van der Waals surface area contributed by atoms with Gasteiger partial charge in [-0.3, -0.25) is 0 Å². The number of pyridine rings is 1. The van der Waals surface area contributed by atoms with Gasteiger partial charge in [0.25, 0.3) is 0 Å². The zero-order chi connectivity index (χ0) is 21.2. The van der Waals surface area contributed by atoms with Crippen LogP contribution in [0.4, 0.5) is 5.82 Å². The van der Waals surface area contributed by atoms with E-state index < -0.39 is 0 Å². The summed E-state index contributed by atoms with van der Waals surface area (Å²) in [5.41, 5.74) is 2.36. The van der Waals surface area contributed by atoms with E-state index in [0.29, 0.717) is 19.7 Å². The molecule has 3 rings (SSSR count). The van der Waals surface area contributed by atoms with E-state index in [1.165, 1.54) is 5.56 Å². The van der Waals surface area contributed by atoms with Gasteiger partial charge in [-0.25, -0.2) is 9.98 Å². The van der Waals surface area contributed by atoms with Crippen LogP contribution in [-0.4, -0.2) is 56.4 Å². The summed E-state index contributed by atoms with van der Waals surface area (Å²) in [6, 6.07) is 12.2. The number of benzene rings is 1. The second-order valence-corrected chi connectivity index (χ2v) is 7.43. The fourth-order valence-corrected chi connectivity index (χ4v) is 3.24. The van der Waals surface area contributed by atoms with E-state index in [1.807, 2.05) is 24.4 Å². The summed E-state index contributed by atoms with van der Waals surface area (Å²) in [6.07, 6.45) is 2.09. The van der Waals surface area contributed by atoms with E-state index >= 15 is 0 Å². The average Bonchev–Trinajstić information content (AvgIpc) is 2.76. The van der Waals surface area contributed by atoms with Gasteiger partial charge in [0.05, 0.1) is 25.8 Å². The lowest BCUT2D eigenvalue weighted by atomic mass is 10.2. The highest BCUT2D eigenvalue weighted by atomic mass is 127. The van der Waals surface area contributed by atoms with E-state index in [1.54, 1.807) is 0 Å². The first-order valence-corrected chi connectivity index (χ1v) is 10.7. The molecule has 170 valence electrons. The molecule has 31 heavy (non-hydrogen) atoms. The minimum Gasteiger partial charge on any atom is -0.492 e. The third-order valence-electron chi connectivity index (χ3n) is 4.82. The average molecular weight is 539 g/mol. The molecule has 2 aromatic rings. The number of aryl methyl sites for hydroxylation is 1. The number of ether oxygens (including phenoxy) is 2. The fraction of sp³-hybridized carbons (Fsp3) is 0.478. The summed E-state index contributed by atoms with van der Waals surface area (Å²) in [7, 11) is 0. The van der Waals surface area contributed by atoms with Gasteiger partial charge in [0.15, 0.2) is 5.96 Å². The lowest BCUT2D eigenvalue weighted by Gasteiger charge is -2.32. The molecule has 1 aromatic heterocycles. The van der Waals surface area contributed by atoms with Crippen LogP contribution in [0, 0.1) is 6.92 Å². The summed E-state index contributed by atoms with van der Waals surface area (Å²) >= 11 is 0. The van der Waals surface area contributed by atoms with Crippen molar-refractivity contribution >= 4 is 35.8 Å². The van der Waals surface area contributed by atoms with Gasteiger partial charge in [-0.1, -0.05) is 17.7 Å². The highest BCUT2D eigenvalue weighted by molar-refractivity contribution is 14.0. The number of rotatable bonds is 8. The molecular formula is C23H34IN5O2. The number of halogens is 1. The Balaban J connectivity index is 0.00000341. The van der Waals surface area contributed by atoms with Crippen LogP contribution in [0.5, 0.6) is 5.75 Å². The van der Waals surface area contributed by atoms with Crippen molar-refractivity contribution in [3.63, 3.8) is 0 Å². The summed E-state index contributed by atoms with van der Waals surface area (Å²) in [4.78, 5) is 11.5. The number of aromatic nitrogens is 1. The van der Waals surface area contributed by atoms with Crippen LogP contribution in [0.3, 0.4) is 0 Å². The smallest absolute Gasteiger partial charge is 0.191 e. The molecule has 1 aromatic carbocycles. The van der Waals surface area contributed by atoms with Crippen LogP contribution in [0.2, 0.25) is 0 Å². The molecule has 0 aliphatic carbocycles. The molecule has 2 heterocycles. The molecule has 0 spiro atoms. The highest BCUT2D eigenvalue weighted by Gasteiger charge is 2.17. The lowest BCUT2D eigenvalue weighted by Crippen LogP contribution is -2.41. The third-order valence-corrected chi connectivity index (χ3v) is 4.82. The minimum absolute atomic E-state index is 0. The van der Waals surface area contributed by atoms with E-state index in [9.17, 15) is 0 Å². The van der Waals surface area contributed by atoms with Crippen molar-refractivity contribution in [2.75, 3.05) is 44.3 Å². The number of nitrogens with zero attached hydrogens (tertiary/aromatic N) is 3. The lowest BCUT2D eigenvalue weighted by molar-refractivity contribution is 0.0529. The zero-order valence-electron chi connectivity index (χ0n) is 18.6. The second-order valence-electron chi connectivity index (χ2n) is 7.43. The van der Waals surface area contributed by atoms with Crippen molar-refractivity contribution in [2.24, 2.45) is 4.99 Å². The van der Waals surface area contributed by atoms with Crippen molar-refractivity contribution < 1.29 is 9.47 Å². The third kappa shape index (κ3) is 8.53. The van der Waals surface area contributed by atoms with Gasteiger partial charge in [0.1, 0.15) is 18.2 Å². The van der Waals surface area contributed by atoms with Crippen LogP contribution in [0.15, 0.2) is 47.6 Å². The Morgan fingerprint density at radius 2 is 2.06 bits per heavy atom. The number of guanidine groups is 1. The molecule has 0 radical (unpaired) electrons. The predicted octanol–water partition coefficient (Wildman–Crippen LogP) is 3.37. The van der Waals surface area contributed by atoms with Crippen molar-refractivity contribution in [1.29, 1.82) is 0 Å². The first kappa shape index (κ1) is 25.2. The molecule has 7 nitrogen and oxygen atoms in total. The summed E-state index contributed by atoms with van der Waals surface area (Å²) in [5, 5.41) is 6.61. The summed E-state index contributed by atoms with van der Waals surface area (Å²) in [5.74, 6) is 2.65. The van der Waals surface area contributed by atoms with E-state index in [0.717, 1.165) is 49.3 Å². The van der Waals surface area contributed by atoms with Crippen molar-refractivity contribution in [3.05, 3.63) is 53.7 Å². The number of anilines is 1. The van der Waals surface area contributed by atoms with Crippen molar-refractivity contribution in [3.8, 4) is 5.75 Å². The molecular weight excluding hydrogens is 505 g/mol. The fourth-order valence-electron chi connectivity index (χ4n) is 3.24.